The molecule has 2 fully saturated rings. The van der Waals surface area contributed by atoms with Crippen LogP contribution in [0.2, 0.25) is 0 Å². The van der Waals surface area contributed by atoms with Crippen LogP contribution in [0.1, 0.15) is 78.1 Å². The van der Waals surface area contributed by atoms with Gasteiger partial charge in [-0.3, -0.25) is 0 Å². The van der Waals surface area contributed by atoms with E-state index in [4.69, 9.17) is 5.73 Å². The highest BCUT2D eigenvalue weighted by Gasteiger charge is 2.35. The Hall–Kier alpha value is -0.0400. The molecular weight excluding hydrogens is 206 g/mol. The first-order chi connectivity index (χ1) is 8.09. The number of hydrogen-bond acceptors (Lipinski definition) is 1. The van der Waals surface area contributed by atoms with E-state index in [1.54, 1.807) is 0 Å². The van der Waals surface area contributed by atoms with Crippen molar-refractivity contribution in [1.82, 2.24) is 0 Å². The summed E-state index contributed by atoms with van der Waals surface area (Å²) in [6.45, 7) is 4.74. The van der Waals surface area contributed by atoms with Gasteiger partial charge < -0.3 is 5.73 Å². The van der Waals surface area contributed by atoms with E-state index in [-0.39, 0.29) is 5.54 Å². The van der Waals surface area contributed by atoms with Crippen LogP contribution in [0.15, 0.2) is 0 Å². The Morgan fingerprint density at radius 2 is 1.76 bits per heavy atom. The standard InChI is InChI=1S/C16H31N/c1-13(2)15-9-6-10-16(17,12-15)11-14-7-4-3-5-8-14/h13-15H,3-12,17H2,1-2H3. The predicted octanol–water partition coefficient (Wildman–Crippen LogP) is 4.50. The molecule has 2 N–H and O–H groups in total. The minimum atomic E-state index is 0.190. The highest BCUT2D eigenvalue weighted by molar-refractivity contribution is 4.93. The van der Waals surface area contributed by atoms with Gasteiger partial charge in [0.2, 0.25) is 0 Å². The van der Waals surface area contributed by atoms with Gasteiger partial charge in [0, 0.05) is 5.54 Å². The van der Waals surface area contributed by atoms with Gasteiger partial charge in [0.25, 0.3) is 0 Å². The predicted molar refractivity (Wildman–Crippen MR) is 74.9 cm³/mol. The number of rotatable bonds is 3. The lowest BCUT2D eigenvalue weighted by molar-refractivity contribution is 0.144. The summed E-state index contributed by atoms with van der Waals surface area (Å²) in [5.74, 6) is 2.65. The summed E-state index contributed by atoms with van der Waals surface area (Å²) in [7, 11) is 0. The first kappa shape index (κ1) is 13.4. The normalized spacial score (nSPS) is 36.4. The smallest absolute Gasteiger partial charge is 0.0159 e. The van der Waals surface area contributed by atoms with Gasteiger partial charge >= 0.3 is 0 Å². The largest absolute Gasteiger partial charge is 0.325 e. The first-order valence-electron chi connectivity index (χ1n) is 7.88. The minimum absolute atomic E-state index is 0.190. The van der Waals surface area contributed by atoms with Crippen molar-refractivity contribution in [3.63, 3.8) is 0 Å². The molecule has 0 bridgehead atoms. The molecule has 2 aliphatic carbocycles. The molecule has 0 radical (unpaired) electrons. The van der Waals surface area contributed by atoms with Crippen molar-refractivity contribution in [2.45, 2.75) is 83.6 Å². The van der Waals surface area contributed by atoms with E-state index in [2.05, 4.69) is 13.8 Å². The fraction of sp³-hybridized carbons (Fsp3) is 1.00. The van der Waals surface area contributed by atoms with Gasteiger partial charge in [0.05, 0.1) is 0 Å². The molecule has 0 heterocycles. The Morgan fingerprint density at radius 3 is 2.41 bits per heavy atom. The Morgan fingerprint density at radius 1 is 1.06 bits per heavy atom. The van der Waals surface area contributed by atoms with E-state index in [0.29, 0.717) is 0 Å². The molecule has 0 spiro atoms. The van der Waals surface area contributed by atoms with Crippen LogP contribution in [0.25, 0.3) is 0 Å². The molecule has 0 amide bonds. The average Bonchev–Trinajstić information content (AvgIpc) is 2.29. The van der Waals surface area contributed by atoms with E-state index < -0.39 is 0 Å². The zero-order valence-electron chi connectivity index (χ0n) is 11.9. The van der Waals surface area contributed by atoms with Crippen LogP contribution in [-0.2, 0) is 0 Å². The van der Waals surface area contributed by atoms with E-state index in [0.717, 1.165) is 17.8 Å². The van der Waals surface area contributed by atoms with Crippen LogP contribution in [0.3, 0.4) is 0 Å². The molecule has 1 nitrogen and oxygen atoms in total. The second-order valence-corrected chi connectivity index (χ2v) is 7.17. The van der Waals surface area contributed by atoms with Crippen molar-refractivity contribution in [1.29, 1.82) is 0 Å². The zero-order valence-corrected chi connectivity index (χ0v) is 11.9. The molecule has 0 aromatic rings. The van der Waals surface area contributed by atoms with Crippen molar-refractivity contribution in [3.8, 4) is 0 Å². The Labute approximate surface area is 108 Å². The van der Waals surface area contributed by atoms with Gasteiger partial charge in [-0.05, 0) is 37.0 Å². The van der Waals surface area contributed by atoms with Crippen LogP contribution >= 0.6 is 0 Å². The monoisotopic (exact) mass is 237 g/mol. The summed E-state index contributed by atoms with van der Waals surface area (Å²) < 4.78 is 0. The average molecular weight is 237 g/mol. The quantitative estimate of drug-likeness (QED) is 0.768. The third-order valence-corrected chi connectivity index (χ3v) is 5.28. The Balaban J connectivity index is 1.88. The lowest BCUT2D eigenvalue weighted by Gasteiger charge is -2.42. The SMILES string of the molecule is CC(C)C1CCCC(N)(CC2CCCCC2)C1. The maximum atomic E-state index is 6.72. The van der Waals surface area contributed by atoms with Crippen molar-refractivity contribution in [3.05, 3.63) is 0 Å². The van der Waals surface area contributed by atoms with Crippen LogP contribution < -0.4 is 5.73 Å². The molecule has 100 valence electrons. The summed E-state index contributed by atoms with van der Waals surface area (Å²) in [6, 6.07) is 0. The summed E-state index contributed by atoms with van der Waals surface area (Å²) in [4.78, 5) is 0. The summed E-state index contributed by atoms with van der Waals surface area (Å²) in [5.41, 5.74) is 6.91. The van der Waals surface area contributed by atoms with Gasteiger partial charge in [0.1, 0.15) is 0 Å². The van der Waals surface area contributed by atoms with Gasteiger partial charge in [-0.1, -0.05) is 58.8 Å². The maximum absolute atomic E-state index is 6.72. The molecule has 0 saturated heterocycles. The number of hydrogen-bond donors (Lipinski definition) is 1. The summed E-state index contributed by atoms with van der Waals surface area (Å²) in [6.07, 6.45) is 13.9. The second-order valence-electron chi connectivity index (χ2n) is 7.17. The fourth-order valence-electron chi connectivity index (χ4n) is 4.16. The van der Waals surface area contributed by atoms with Crippen LogP contribution in [-0.4, -0.2) is 5.54 Å². The molecule has 0 aliphatic heterocycles. The first-order valence-corrected chi connectivity index (χ1v) is 7.88. The summed E-state index contributed by atoms with van der Waals surface area (Å²) >= 11 is 0. The molecule has 0 aromatic heterocycles. The van der Waals surface area contributed by atoms with Gasteiger partial charge in [-0.2, -0.15) is 0 Å². The third kappa shape index (κ3) is 3.71. The summed E-state index contributed by atoms with van der Waals surface area (Å²) in [5, 5.41) is 0. The maximum Gasteiger partial charge on any atom is 0.0159 e. The van der Waals surface area contributed by atoms with Gasteiger partial charge in [-0.15, -0.1) is 0 Å². The Kier molecular flexibility index (Phi) is 4.52. The minimum Gasteiger partial charge on any atom is -0.325 e. The fourth-order valence-corrected chi connectivity index (χ4v) is 4.16. The van der Waals surface area contributed by atoms with Crippen molar-refractivity contribution >= 4 is 0 Å². The van der Waals surface area contributed by atoms with Gasteiger partial charge in [0.15, 0.2) is 0 Å². The lowest BCUT2D eigenvalue weighted by Crippen LogP contribution is -2.46. The van der Waals surface area contributed by atoms with Gasteiger partial charge in [-0.25, -0.2) is 0 Å². The van der Waals surface area contributed by atoms with Crippen LogP contribution in [0.5, 0.6) is 0 Å². The molecule has 2 unspecified atom stereocenters. The van der Waals surface area contributed by atoms with Crippen molar-refractivity contribution in [2.24, 2.45) is 23.5 Å². The van der Waals surface area contributed by atoms with Crippen molar-refractivity contribution in [2.75, 3.05) is 0 Å². The molecule has 2 atom stereocenters. The van der Waals surface area contributed by atoms with E-state index in [9.17, 15) is 0 Å². The van der Waals surface area contributed by atoms with E-state index in [1.165, 1.54) is 64.2 Å². The Bertz CT molecular complexity index is 230. The van der Waals surface area contributed by atoms with E-state index in [1.807, 2.05) is 0 Å². The molecule has 2 aliphatic rings. The molecule has 17 heavy (non-hydrogen) atoms. The molecule has 0 aromatic carbocycles. The lowest BCUT2D eigenvalue weighted by atomic mass is 9.67. The molecule has 2 rings (SSSR count). The second kappa shape index (κ2) is 5.73. The molecule has 1 heteroatoms. The number of nitrogens with two attached hydrogens (primary N) is 1. The van der Waals surface area contributed by atoms with E-state index >= 15 is 0 Å². The molecular formula is C16H31N. The topological polar surface area (TPSA) is 26.0 Å². The molecule has 2 saturated carbocycles. The highest BCUT2D eigenvalue weighted by atomic mass is 14.8. The van der Waals surface area contributed by atoms with Crippen LogP contribution in [0, 0.1) is 17.8 Å². The highest BCUT2D eigenvalue weighted by Crippen LogP contribution is 2.40. The van der Waals surface area contributed by atoms with Crippen molar-refractivity contribution < 1.29 is 0 Å². The third-order valence-electron chi connectivity index (χ3n) is 5.28. The zero-order chi connectivity index (χ0) is 12.3. The van der Waals surface area contributed by atoms with Crippen LogP contribution in [0.4, 0.5) is 0 Å².